The lowest BCUT2D eigenvalue weighted by atomic mass is 10.4. The molecule has 0 bridgehead atoms. The summed E-state index contributed by atoms with van der Waals surface area (Å²) in [7, 11) is 1.51. The van der Waals surface area contributed by atoms with Crippen molar-refractivity contribution in [3.8, 4) is 0 Å². The molecule has 22 heavy (non-hydrogen) atoms. The second-order valence-corrected chi connectivity index (χ2v) is 2.97. The van der Waals surface area contributed by atoms with E-state index in [1.54, 1.807) is 6.92 Å². The molecule has 0 heterocycles. The van der Waals surface area contributed by atoms with Gasteiger partial charge in [-0.3, -0.25) is 0 Å². The Labute approximate surface area is 131 Å². The fourth-order valence-electron chi connectivity index (χ4n) is 0.689. The highest BCUT2D eigenvalue weighted by atomic mass is 16.7. The predicted octanol–water partition coefficient (Wildman–Crippen LogP) is 2.15. The van der Waals surface area contributed by atoms with Crippen LogP contribution in [-0.2, 0) is 19.0 Å². The van der Waals surface area contributed by atoms with E-state index in [1.165, 1.54) is 7.11 Å². The minimum absolute atomic E-state index is 0.0884. The molecule has 1 amide bonds. The van der Waals surface area contributed by atoms with E-state index in [1.807, 2.05) is 0 Å². The summed E-state index contributed by atoms with van der Waals surface area (Å²) in [5.74, 6) is -0.477. The second kappa shape index (κ2) is 27.0. The van der Waals surface area contributed by atoms with Crippen molar-refractivity contribution in [2.24, 2.45) is 0 Å². The van der Waals surface area contributed by atoms with E-state index in [0.29, 0.717) is 12.2 Å². The molecule has 0 aliphatic rings. The van der Waals surface area contributed by atoms with Gasteiger partial charge in [0, 0.05) is 22.6 Å². The van der Waals surface area contributed by atoms with Gasteiger partial charge in [-0.25, -0.2) is 9.59 Å². The molecule has 128 valence electrons. The molecule has 0 aromatic heterocycles. The summed E-state index contributed by atoms with van der Waals surface area (Å²) in [6.07, 6.45) is -0.566. The largest absolute Gasteiger partial charge is 0.460 e. The number of methoxy groups -OCH3 is 1. The van der Waals surface area contributed by atoms with Crippen LogP contribution in [0.25, 0.3) is 0 Å². The van der Waals surface area contributed by atoms with Crippen LogP contribution in [0.1, 0.15) is 6.92 Å². The molecule has 0 aliphatic heterocycles. The van der Waals surface area contributed by atoms with Crippen molar-refractivity contribution >= 4 is 12.1 Å². The molecule has 0 saturated carbocycles. The Kier molecular flexibility index (Phi) is 34.1. The van der Waals surface area contributed by atoms with Crippen molar-refractivity contribution in [2.45, 2.75) is 6.92 Å². The zero-order valence-corrected chi connectivity index (χ0v) is 13.2. The average molecular weight is 319 g/mol. The van der Waals surface area contributed by atoms with Gasteiger partial charge in [0.25, 0.3) is 0 Å². The number of rotatable bonds is 7. The normalized spacial score (nSPS) is 7.36. The fraction of sp³-hybridized carbons (Fsp3) is 0.429. The first kappa shape index (κ1) is 27.8. The van der Waals surface area contributed by atoms with Crippen molar-refractivity contribution in [2.75, 3.05) is 33.5 Å². The van der Waals surface area contributed by atoms with Gasteiger partial charge < -0.3 is 19.5 Å². The van der Waals surface area contributed by atoms with Gasteiger partial charge in [0.05, 0.1) is 13.2 Å². The molecule has 0 aromatic rings. The van der Waals surface area contributed by atoms with E-state index < -0.39 is 12.1 Å². The van der Waals surface area contributed by atoms with E-state index in [0.717, 1.165) is 0 Å². The van der Waals surface area contributed by atoms with Crippen LogP contribution in [0.4, 0.5) is 4.79 Å². The third kappa shape index (κ3) is 26.2. The zero-order valence-electron chi connectivity index (χ0n) is 13.2. The van der Waals surface area contributed by atoms with E-state index in [4.69, 9.17) is 24.1 Å². The average Bonchev–Trinajstić information content (AvgIpc) is 2.57. The number of alkyl carbamates (subject to hydrolysis) is 1. The molecule has 0 radical (unpaired) electrons. The zero-order chi connectivity index (χ0) is 18.4. The summed E-state index contributed by atoms with van der Waals surface area (Å²) in [4.78, 5) is 35.9. The van der Waals surface area contributed by atoms with Crippen molar-refractivity contribution in [1.82, 2.24) is 5.32 Å². The quantitative estimate of drug-likeness (QED) is 0.331. The van der Waals surface area contributed by atoms with Gasteiger partial charge in [-0.1, -0.05) is 6.58 Å². The maximum atomic E-state index is 10.9. The Morgan fingerprint density at radius 1 is 0.955 bits per heavy atom. The lowest BCUT2D eigenvalue weighted by molar-refractivity contribution is -0.138. The van der Waals surface area contributed by atoms with Gasteiger partial charge >= 0.3 is 12.1 Å². The molecular formula is C14H25NO7. The van der Waals surface area contributed by atoms with Crippen LogP contribution in [-0.4, -0.2) is 45.5 Å². The van der Waals surface area contributed by atoms with Gasteiger partial charge in [0.15, 0.2) is 0 Å². The Morgan fingerprint density at radius 2 is 1.45 bits per heavy atom. The van der Waals surface area contributed by atoms with Crippen LogP contribution >= 0.6 is 0 Å². The lowest BCUT2D eigenvalue weighted by Gasteiger charge is -2.07. The highest BCUT2D eigenvalue weighted by Crippen LogP contribution is 1.90. The molecule has 0 spiro atoms. The van der Waals surface area contributed by atoms with Crippen molar-refractivity contribution in [3.63, 3.8) is 0 Å². The van der Waals surface area contributed by atoms with Crippen LogP contribution in [0.5, 0.6) is 0 Å². The van der Waals surface area contributed by atoms with Gasteiger partial charge in [0.2, 0.25) is 0 Å². The standard InChI is InChI=1S/C10H17NO5.2C2H4.O2/c1-8(2)9(12)15-5-4-11-10(13)16-7-6-14-3;3*1-2/h1,4-7H2,2-3H3,(H,11,13);2*1-2H2;. The summed E-state index contributed by atoms with van der Waals surface area (Å²) in [5.41, 5.74) is 0.322. The van der Waals surface area contributed by atoms with Gasteiger partial charge in [-0.05, 0) is 6.92 Å². The topological polar surface area (TPSA) is 108 Å². The van der Waals surface area contributed by atoms with E-state index >= 15 is 0 Å². The molecular weight excluding hydrogens is 294 g/mol. The number of carbonyl (C=O) groups excluding carboxylic acids is 2. The SMILES string of the molecule is C=C.C=C.C=C(C)C(=O)OCCNC(=O)OCCOC.O=O. The summed E-state index contributed by atoms with van der Waals surface area (Å²) in [6, 6.07) is 0. The Hall–Kier alpha value is -2.48. The van der Waals surface area contributed by atoms with Gasteiger partial charge in [0.1, 0.15) is 13.2 Å². The molecule has 0 aliphatic carbocycles. The number of hydrogen-bond acceptors (Lipinski definition) is 7. The molecule has 0 atom stereocenters. The monoisotopic (exact) mass is 319 g/mol. The first-order chi connectivity index (χ1) is 10.6. The first-order valence-corrected chi connectivity index (χ1v) is 5.96. The minimum Gasteiger partial charge on any atom is -0.460 e. The maximum Gasteiger partial charge on any atom is 0.407 e. The number of carbonyl (C=O) groups is 2. The fourth-order valence-corrected chi connectivity index (χ4v) is 0.689. The van der Waals surface area contributed by atoms with E-state index in [9.17, 15) is 9.59 Å². The van der Waals surface area contributed by atoms with Crippen LogP contribution in [0.15, 0.2) is 38.5 Å². The molecule has 8 nitrogen and oxygen atoms in total. The number of hydrogen-bond donors (Lipinski definition) is 1. The van der Waals surface area contributed by atoms with Crippen LogP contribution < -0.4 is 5.32 Å². The smallest absolute Gasteiger partial charge is 0.407 e. The van der Waals surface area contributed by atoms with Crippen molar-refractivity contribution in [1.29, 1.82) is 0 Å². The Balaban J connectivity index is -0.000000238. The third-order valence-corrected chi connectivity index (χ3v) is 1.47. The summed E-state index contributed by atoms with van der Waals surface area (Å²) in [5, 5.41) is 2.41. The Bertz CT molecular complexity index is 290. The number of ether oxygens (including phenoxy) is 3. The summed E-state index contributed by atoms with van der Waals surface area (Å²) < 4.78 is 14.1. The van der Waals surface area contributed by atoms with Gasteiger partial charge in [-0.2, -0.15) is 0 Å². The van der Waals surface area contributed by atoms with Crippen molar-refractivity contribution in [3.05, 3.63) is 48.4 Å². The number of nitrogens with one attached hydrogen (secondary N) is 1. The van der Waals surface area contributed by atoms with Crippen LogP contribution in [0.3, 0.4) is 0 Å². The molecule has 0 aromatic carbocycles. The molecule has 8 heteroatoms. The summed E-state index contributed by atoms with van der Waals surface area (Å²) >= 11 is 0. The van der Waals surface area contributed by atoms with Crippen LogP contribution in [0, 0.1) is 9.93 Å². The highest BCUT2D eigenvalue weighted by Gasteiger charge is 2.04. The Morgan fingerprint density at radius 3 is 1.86 bits per heavy atom. The minimum atomic E-state index is -0.566. The van der Waals surface area contributed by atoms with E-state index in [-0.39, 0.29) is 19.8 Å². The van der Waals surface area contributed by atoms with Crippen molar-refractivity contribution < 1.29 is 23.8 Å². The number of amides is 1. The maximum absolute atomic E-state index is 10.9. The third-order valence-electron chi connectivity index (χ3n) is 1.47. The summed E-state index contributed by atoms with van der Waals surface area (Å²) in [6.45, 7) is 17.8. The molecule has 1 N–H and O–H groups in total. The molecule has 0 rings (SSSR count). The highest BCUT2D eigenvalue weighted by molar-refractivity contribution is 5.86. The molecule has 0 unspecified atom stereocenters. The van der Waals surface area contributed by atoms with Crippen LogP contribution in [0.2, 0.25) is 0 Å². The predicted molar refractivity (Wildman–Crippen MR) is 86.2 cm³/mol. The molecule has 0 saturated heterocycles. The molecule has 0 fully saturated rings. The van der Waals surface area contributed by atoms with Gasteiger partial charge in [-0.15, -0.1) is 26.3 Å². The first-order valence-electron chi connectivity index (χ1n) is 5.96. The lowest BCUT2D eigenvalue weighted by Crippen LogP contribution is -2.29. The second-order valence-electron chi connectivity index (χ2n) is 2.97. The van der Waals surface area contributed by atoms with E-state index in [2.05, 4.69) is 38.2 Å². The number of esters is 1.